The van der Waals surface area contributed by atoms with Crippen molar-refractivity contribution in [3.8, 4) is 0 Å². The highest BCUT2D eigenvalue weighted by Crippen LogP contribution is 2.16. The highest BCUT2D eigenvalue weighted by molar-refractivity contribution is 5.93. The van der Waals surface area contributed by atoms with E-state index in [1.807, 2.05) is 44.2 Å². The fraction of sp³-hybridized carbons (Fsp3) is 0.632. The van der Waals surface area contributed by atoms with Gasteiger partial charge in [0.2, 0.25) is 0 Å². The molecule has 1 rings (SSSR count). The highest BCUT2D eigenvalue weighted by atomic mass is 16.1. The molecule has 0 atom stereocenters. The van der Waals surface area contributed by atoms with Crippen molar-refractivity contribution in [3.05, 3.63) is 35.9 Å². The molecule has 0 aliphatic heterocycles. The van der Waals surface area contributed by atoms with Crippen LogP contribution in [0.3, 0.4) is 0 Å². The maximum atomic E-state index is 10.6. The van der Waals surface area contributed by atoms with Crippen molar-refractivity contribution in [2.75, 3.05) is 0 Å². The molecule has 0 aliphatic carbocycles. The Kier molecular flexibility index (Phi) is 16.9. The van der Waals surface area contributed by atoms with E-state index >= 15 is 0 Å². The number of hydrogen-bond donors (Lipinski definition) is 0. The molecular formula is C19H34O. The normalized spacial score (nSPS) is 9.15. The zero-order chi connectivity index (χ0) is 15.8. The minimum absolute atomic E-state index is 0.121. The Hall–Kier alpha value is -1.11. The summed E-state index contributed by atoms with van der Waals surface area (Å²) in [7, 11) is 0. The van der Waals surface area contributed by atoms with Crippen LogP contribution in [0.15, 0.2) is 30.3 Å². The van der Waals surface area contributed by atoms with Crippen LogP contribution in [-0.2, 0) is 0 Å². The van der Waals surface area contributed by atoms with Crippen LogP contribution in [0.2, 0.25) is 0 Å². The molecule has 0 aliphatic rings. The minimum atomic E-state index is 0.121. The second kappa shape index (κ2) is 15.9. The monoisotopic (exact) mass is 278 g/mol. The van der Waals surface area contributed by atoms with Gasteiger partial charge in [0.1, 0.15) is 0 Å². The second-order valence-electron chi connectivity index (χ2n) is 4.77. The molecule has 1 nitrogen and oxygen atoms in total. The van der Waals surface area contributed by atoms with Crippen LogP contribution >= 0.6 is 0 Å². The summed E-state index contributed by atoms with van der Waals surface area (Å²) >= 11 is 0. The van der Waals surface area contributed by atoms with Gasteiger partial charge in [-0.3, -0.25) is 4.79 Å². The molecule has 1 aromatic carbocycles. The van der Waals surface area contributed by atoms with E-state index in [0.717, 1.165) is 11.5 Å². The maximum Gasteiger partial charge on any atom is 0.159 e. The molecule has 0 aromatic heterocycles. The summed E-state index contributed by atoms with van der Waals surface area (Å²) in [4.78, 5) is 10.6. The van der Waals surface area contributed by atoms with Gasteiger partial charge in [0, 0.05) is 5.56 Å². The molecule has 0 radical (unpaired) electrons. The summed E-state index contributed by atoms with van der Waals surface area (Å²) in [6.45, 7) is 12.4. The molecule has 20 heavy (non-hydrogen) atoms. The average Bonchev–Trinajstić information content (AvgIpc) is 2.50. The van der Waals surface area contributed by atoms with Crippen LogP contribution in [0.4, 0.5) is 0 Å². The molecule has 0 amide bonds. The number of Topliss-reactive ketones (excluding diaryl/α,β-unsaturated/α-hetero) is 1. The van der Waals surface area contributed by atoms with E-state index in [1.165, 1.54) is 32.1 Å². The minimum Gasteiger partial charge on any atom is -0.295 e. The van der Waals surface area contributed by atoms with Crippen molar-refractivity contribution in [2.24, 2.45) is 5.92 Å². The van der Waals surface area contributed by atoms with E-state index in [1.54, 1.807) is 6.92 Å². The predicted molar refractivity (Wildman–Crippen MR) is 91.4 cm³/mol. The fourth-order valence-electron chi connectivity index (χ4n) is 2.04. The van der Waals surface area contributed by atoms with Crippen LogP contribution < -0.4 is 0 Å². The zero-order valence-electron chi connectivity index (χ0n) is 14.4. The van der Waals surface area contributed by atoms with E-state index in [0.29, 0.717) is 0 Å². The standard InChI is InChI=1S/C9H20.C8H8O.C2H6/c1-4-7-9(6-3)8-5-2;1-7(9)8-5-3-2-4-6-8;1-2/h9H,4-8H2,1-3H3;2-6H,1H3;1-2H3. The third-order valence-electron chi connectivity index (χ3n) is 3.15. The first-order valence-electron chi connectivity index (χ1n) is 8.21. The Morgan fingerprint density at radius 3 is 1.65 bits per heavy atom. The van der Waals surface area contributed by atoms with Crippen molar-refractivity contribution in [2.45, 2.75) is 73.6 Å². The van der Waals surface area contributed by atoms with Gasteiger partial charge in [-0.2, -0.15) is 0 Å². The first-order valence-corrected chi connectivity index (χ1v) is 8.21. The average molecular weight is 278 g/mol. The number of benzene rings is 1. The number of carbonyl (C=O) groups is 1. The second-order valence-corrected chi connectivity index (χ2v) is 4.77. The first kappa shape index (κ1) is 21.2. The largest absolute Gasteiger partial charge is 0.295 e. The van der Waals surface area contributed by atoms with E-state index in [9.17, 15) is 4.79 Å². The summed E-state index contributed by atoms with van der Waals surface area (Å²) in [6, 6.07) is 9.23. The SMILES string of the molecule is CC.CC(=O)c1ccccc1.CCCC(CC)CCC. The summed E-state index contributed by atoms with van der Waals surface area (Å²) in [5.74, 6) is 1.13. The van der Waals surface area contributed by atoms with Crippen LogP contribution in [0, 0.1) is 5.92 Å². The molecule has 0 fully saturated rings. The summed E-state index contributed by atoms with van der Waals surface area (Å²) in [5.41, 5.74) is 0.775. The van der Waals surface area contributed by atoms with Crippen molar-refractivity contribution < 1.29 is 4.79 Å². The molecule has 0 bridgehead atoms. The van der Waals surface area contributed by atoms with Gasteiger partial charge >= 0.3 is 0 Å². The number of rotatable bonds is 6. The zero-order valence-corrected chi connectivity index (χ0v) is 14.4. The molecule has 0 saturated heterocycles. The summed E-state index contributed by atoms with van der Waals surface area (Å²) in [6.07, 6.45) is 6.97. The van der Waals surface area contributed by atoms with Crippen molar-refractivity contribution in [1.82, 2.24) is 0 Å². The molecule has 1 aromatic rings. The lowest BCUT2D eigenvalue weighted by molar-refractivity contribution is 0.101. The lowest BCUT2D eigenvalue weighted by atomic mass is 9.96. The quantitative estimate of drug-likeness (QED) is 0.541. The molecule has 0 heterocycles. The van der Waals surface area contributed by atoms with E-state index in [4.69, 9.17) is 0 Å². The fourth-order valence-corrected chi connectivity index (χ4v) is 2.04. The molecule has 1 heteroatoms. The van der Waals surface area contributed by atoms with Gasteiger partial charge in [-0.1, -0.05) is 97.1 Å². The van der Waals surface area contributed by atoms with E-state index < -0.39 is 0 Å². The van der Waals surface area contributed by atoms with Gasteiger partial charge in [0.25, 0.3) is 0 Å². The Morgan fingerprint density at radius 2 is 1.40 bits per heavy atom. The number of hydrogen-bond acceptors (Lipinski definition) is 1. The Morgan fingerprint density at radius 1 is 0.950 bits per heavy atom. The van der Waals surface area contributed by atoms with Crippen molar-refractivity contribution in [3.63, 3.8) is 0 Å². The van der Waals surface area contributed by atoms with Gasteiger partial charge in [-0.05, 0) is 12.8 Å². The summed E-state index contributed by atoms with van der Waals surface area (Å²) in [5, 5.41) is 0. The number of ketones is 1. The number of carbonyl (C=O) groups excluding carboxylic acids is 1. The molecule has 0 spiro atoms. The van der Waals surface area contributed by atoms with E-state index in [2.05, 4.69) is 20.8 Å². The Labute approximate surface area is 126 Å². The van der Waals surface area contributed by atoms with Gasteiger partial charge in [-0.25, -0.2) is 0 Å². The van der Waals surface area contributed by atoms with Crippen LogP contribution in [0.25, 0.3) is 0 Å². The maximum absolute atomic E-state index is 10.6. The van der Waals surface area contributed by atoms with Gasteiger partial charge in [0.05, 0.1) is 0 Å². The van der Waals surface area contributed by atoms with Crippen LogP contribution in [0.5, 0.6) is 0 Å². The van der Waals surface area contributed by atoms with Gasteiger partial charge in [-0.15, -0.1) is 0 Å². The predicted octanol–water partition coefficient (Wildman–Crippen LogP) is 6.53. The molecule has 0 unspecified atom stereocenters. The Balaban J connectivity index is 0. The third-order valence-corrected chi connectivity index (χ3v) is 3.15. The molecule has 0 N–H and O–H groups in total. The Bertz CT molecular complexity index is 297. The highest BCUT2D eigenvalue weighted by Gasteiger charge is 2.01. The topological polar surface area (TPSA) is 17.1 Å². The van der Waals surface area contributed by atoms with Gasteiger partial charge in [0.15, 0.2) is 5.78 Å². The van der Waals surface area contributed by atoms with Crippen LogP contribution in [0.1, 0.15) is 84.0 Å². The molecule has 116 valence electrons. The first-order chi connectivity index (χ1) is 9.65. The smallest absolute Gasteiger partial charge is 0.159 e. The third kappa shape index (κ3) is 12.0. The molecular weight excluding hydrogens is 244 g/mol. The lowest BCUT2D eigenvalue weighted by Gasteiger charge is -2.10. The van der Waals surface area contributed by atoms with Crippen LogP contribution in [-0.4, -0.2) is 5.78 Å². The van der Waals surface area contributed by atoms with Crippen molar-refractivity contribution in [1.29, 1.82) is 0 Å². The molecule has 0 saturated carbocycles. The van der Waals surface area contributed by atoms with Gasteiger partial charge < -0.3 is 0 Å². The van der Waals surface area contributed by atoms with E-state index in [-0.39, 0.29) is 5.78 Å². The van der Waals surface area contributed by atoms with Crippen molar-refractivity contribution >= 4 is 5.78 Å². The summed E-state index contributed by atoms with van der Waals surface area (Å²) < 4.78 is 0. The lowest BCUT2D eigenvalue weighted by Crippen LogP contribution is -1.96.